The first-order chi connectivity index (χ1) is 11.3. The van der Waals surface area contributed by atoms with Gasteiger partial charge < -0.3 is 15.8 Å². The van der Waals surface area contributed by atoms with Crippen LogP contribution in [0.15, 0.2) is 36.4 Å². The molecule has 1 aliphatic heterocycles. The highest BCUT2D eigenvalue weighted by atomic mass is 16.6. The van der Waals surface area contributed by atoms with Crippen molar-refractivity contribution in [1.82, 2.24) is 10.3 Å². The Morgan fingerprint density at radius 1 is 1.17 bits per heavy atom. The van der Waals surface area contributed by atoms with Crippen LogP contribution >= 0.6 is 0 Å². The predicted octanol–water partition coefficient (Wildman–Crippen LogP) is 3.58. The zero-order chi connectivity index (χ0) is 17.6. The smallest absolute Gasteiger partial charge is 0.405 e. The van der Waals surface area contributed by atoms with Crippen molar-refractivity contribution in [3.63, 3.8) is 0 Å². The summed E-state index contributed by atoms with van der Waals surface area (Å²) in [6, 6.07) is 12.7. The third-order valence-corrected chi connectivity index (χ3v) is 3.78. The van der Waals surface area contributed by atoms with E-state index in [0.29, 0.717) is 5.92 Å². The van der Waals surface area contributed by atoms with E-state index < -0.39 is 11.7 Å². The van der Waals surface area contributed by atoms with E-state index in [1.54, 1.807) is 20.8 Å². The lowest BCUT2D eigenvalue weighted by Gasteiger charge is -2.22. The van der Waals surface area contributed by atoms with Gasteiger partial charge in [-0.1, -0.05) is 24.3 Å². The maximum absolute atomic E-state index is 10.0. The molecule has 1 fully saturated rings. The van der Waals surface area contributed by atoms with Gasteiger partial charge in [-0.15, -0.1) is 0 Å². The maximum Gasteiger partial charge on any atom is 0.405 e. The topological polar surface area (TPSA) is 77.2 Å². The molecule has 24 heavy (non-hydrogen) atoms. The van der Waals surface area contributed by atoms with Gasteiger partial charge in [-0.05, 0) is 58.8 Å². The van der Waals surface area contributed by atoms with E-state index >= 15 is 0 Å². The summed E-state index contributed by atoms with van der Waals surface area (Å²) in [5, 5.41) is 4.63. The lowest BCUT2D eigenvalue weighted by Crippen LogP contribution is -2.27. The molecule has 0 aliphatic carbocycles. The van der Waals surface area contributed by atoms with Gasteiger partial charge in [-0.2, -0.15) is 0 Å². The number of nitrogens with zero attached hydrogens (tertiary/aromatic N) is 1. The highest BCUT2D eigenvalue weighted by molar-refractivity contribution is 5.78. The number of carbonyl (C=O) groups excluding carboxylic acids is 1. The van der Waals surface area contributed by atoms with Gasteiger partial charge >= 0.3 is 6.09 Å². The number of pyridine rings is 1. The summed E-state index contributed by atoms with van der Waals surface area (Å²) in [5.74, 6) is 0.644. The Labute approximate surface area is 143 Å². The first-order valence-electron chi connectivity index (χ1n) is 8.40. The van der Waals surface area contributed by atoms with Crippen LogP contribution < -0.4 is 11.1 Å². The van der Waals surface area contributed by atoms with E-state index in [-0.39, 0.29) is 0 Å². The molecule has 0 radical (unpaired) electrons. The highest BCUT2D eigenvalue weighted by Gasteiger charge is 2.16. The van der Waals surface area contributed by atoms with Gasteiger partial charge in [-0.3, -0.25) is 4.98 Å². The van der Waals surface area contributed by atoms with Crippen LogP contribution in [-0.4, -0.2) is 29.8 Å². The highest BCUT2D eigenvalue weighted by Crippen LogP contribution is 2.25. The largest absolute Gasteiger partial charge is 0.444 e. The third-order valence-electron chi connectivity index (χ3n) is 3.78. The minimum Gasteiger partial charge on any atom is -0.444 e. The van der Waals surface area contributed by atoms with Crippen LogP contribution in [0.3, 0.4) is 0 Å². The van der Waals surface area contributed by atoms with E-state index in [1.807, 2.05) is 0 Å². The summed E-state index contributed by atoms with van der Waals surface area (Å²) in [4.78, 5) is 14.8. The molecule has 0 bridgehead atoms. The molecule has 1 amide bonds. The number of para-hydroxylation sites is 1. The number of hydrogen-bond donors (Lipinski definition) is 2. The summed E-state index contributed by atoms with van der Waals surface area (Å²) >= 11 is 0. The number of piperidine rings is 1. The average molecular weight is 329 g/mol. The van der Waals surface area contributed by atoms with Gasteiger partial charge in [0.1, 0.15) is 5.60 Å². The standard InChI is InChI=1S/C14H16N2.C5H11NO2/c1-2-4-13-11(3-1)5-6-14(16-13)12-7-9-15-10-8-12;1-5(2,3)8-4(6)7/h1-6,12,15H,7-10H2;1-3H3,(H2,6,7). The zero-order valence-electron chi connectivity index (χ0n) is 14.7. The summed E-state index contributed by atoms with van der Waals surface area (Å²) in [7, 11) is 0. The number of amides is 1. The summed E-state index contributed by atoms with van der Waals surface area (Å²) < 4.78 is 4.58. The molecule has 1 aliphatic rings. The number of rotatable bonds is 1. The molecule has 0 saturated carbocycles. The van der Waals surface area contributed by atoms with Crippen molar-refractivity contribution in [1.29, 1.82) is 0 Å². The van der Waals surface area contributed by atoms with Crippen molar-refractivity contribution >= 4 is 17.0 Å². The monoisotopic (exact) mass is 329 g/mol. The lowest BCUT2D eigenvalue weighted by atomic mass is 9.94. The fraction of sp³-hybridized carbons (Fsp3) is 0.474. The molecule has 3 N–H and O–H groups in total. The number of hydrogen-bond acceptors (Lipinski definition) is 4. The van der Waals surface area contributed by atoms with E-state index in [2.05, 4.69) is 46.5 Å². The Kier molecular flexibility index (Phi) is 6.15. The second-order valence-electron chi connectivity index (χ2n) is 6.99. The first kappa shape index (κ1) is 18.2. The van der Waals surface area contributed by atoms with E-state index in [9.17, 15) is 4.79 Å². The molecule has 0 atom stereocenters. The van der Waals surface area contributed by atoms with Crippen molar-refractivity contribution in [2.45, 2.75) is 45.1 Å². The molecular weight excluding hydrogens is 302 g/mol. The minimum atomic E-state index is -0.725. The predicted molar refractivity (Wildman–Crippen MR) is 97.0 cm³/mol. The van der Waals surface area contributed by atoms with Gasteiger partial charge in [0.15, 0.2) is 0 Å². The number of primary amides is 1. The van der Waals surface area contributed by atoms with E-state index in [1.165, 1.54) is 23.9 Å². The van der Waals surface area contributed by atoms with Crippen LogP contribution in [0.4, 0.5) is 4.79 Å². The number of fused-ring (bicyclic) bond motifs is 1. The summed E-state index contributed by atoms with van der Waals surface area (Å²) in [6.07, 6.45) is 1.70. The lowest BCUT2D eigenvalue weighted by molar-refractivity contribution is 0.0600. The van der Waals surface area contributed by atoms with Crippen molar-refractivity contribution in [2.75, 3.05) is 13.1 Å². The van der Waals surface area contributed by atoms with Gasteiger partial charge in [0.2, 0.25) is 0 Å². The normalized spacial score (nSPS) is 15.5. The van der Waals surface area contributed by atoms with Crippen LogP contribution in [0, 0.1) is 0 Å². The molecule has 1 saturated heterocycles. The summed E-state index contributed by atoms with van der Waals surface area (Å²) in [5.41, 5.74) is 6.65. The van der Waals surface area contributed by atoms with Gasteiger partial charge in [0, 0.05) is 17.0 Å². The number of nitrogens with one attached hydrogen (secondary N) is 1. The van der Waals surface area contributed by atoms with Crippen LogP contribution in [0.2, 0.25) is 0 Å². The average Bonchev–Trinajstić information content (AvgIpc) is 2.53. The molecule has 130 valence electrons. The molecule has 1 aromatic carbocycles. The Hall–Kier alpha value is -2.14. The van der Waals surface area contributed by atoms with Crippen molar-refractivity contribution in [2.24, 2.45) is 5.73 Å². The molecule has 2 aromatic rings. The Morgan fingerprint density at radius 3 is 2.42 bits per heavy atom. The van der Waals surface area contributed by atoms with Crippen LogP contribution in [-0.2, 0) is 4.74 Å². The fourth-order valence-corrected chi connectivity index (χ4v) is 2.73. The first-order valence-corrected chi connectivity index (χ1v) is 8.40. The SMILES string of the molecule is CC(C)(C)OC(N)=O.c1ccc2nc(C3CCNCC3)ccc2c1. The van der Waals surface area contributed by atoms with Crippen molar-refractivity contribution < 1.29 is 9.53 Å². The third kappa shape index (κ3) is 5.81. The second kappa shape index (κ2) is 8.11. The van der Waals surface area contributed by atoms with Gasteiger partial charge in [0.25, 0.3) is 0 Å². The molecule has 3 rings (SSSR count). The molecule has 1 aromatic heterocycles. The molecular formula is C19H27N3O2. The Morgan fingerprint density at radius 2 is 1.83 bits per heavy atom. The van der Waals surface area contributed by atoms with E-state index in [0.717, 1.165) is 18.6 Å². The number of carbonyl (C=O) groups is 1. The Bertz CT molecular complexity index is 674. The molecule has 5 nitrogen and oxygen atoms in total. The fourth-order valence-electron chi connectivity index (χ4n) is 2.73. The maximum atomic E-state index is 10.0. The second-order valence-corrected chi connectivity index (χ2v) is 6.99. The quantitative estimate of drug-likeness (QED) is 0.838. The summed E-state index contributed by atoms with van der Waals surface area (Å²) in [6.45, 7) is 7.53. The number of nitrogens with two attached hydrogens (primary N) is 1. The number of ether oxygens (including phenoxy) is 1. The van der Waals surface area contributed by atoms with Gasteiger partial charge in [-0.25, -0.2) is 4.79 Å². The van der Waals surface area contributed by atoms with E-state index in [4.69, 9.17) is 10.7 Å². The zero-order valence-corrected chi connectivity index (χ0v) is 14.7. The molecule has 2 heterocycles. The van der Waals surface area contributed by atoms with Crippen LogP contribution in [0.25, 0.3) is 10.9 Å². The molecule has 0 unspecified atom stereocenters. The van der Waals surface area contributed by atoms with Crippen LogP contribution in [0.5, 0.6) is 0 Å². The Balaban J connectivity index is 0.000000224. The van der Waals surface area contributed by atoms with Crippen LogP contribution in [0.1, 0.15) is 45.2 Å². The molecule has 0 spiro atoms. The van der Waals surface area contributed by atoms with Gasteiger partial charge in [0.05, 0.1) is 5.52 Å². The number of aromatic nitrogens is 1. The molecule has 5 heteroatoms. The minimum absolute atomic E-state index is 0.453. The van der Waals surface area contributed by atoms with Crippen molar-refractivity contribution in [3.05, 3.63) is 42.1 Å². The number of benzene rings is 1. The van der Waals surface area contributed by atoms with Crippen molar-refractivity contribution in [3.8, 4) is 0 Å².